The molecule has 1 aliphatic carbocycles. The van der Waals surface area contributed by atoms with Crippen molar-refractivity contribution in [3.05, 3.63) is 42.5 Å². The number of non-ortho nitro benzene ring substituents is 1. The maximum absolute atomic E-state index is 10.4. The summed E-state index contributed by atoms with van der Waals surface area (Å²) in [5.41, 5.74) is -3.00. The zero-order valence-electron chi connectivity index (χ0n) is 15.9. The Balaban J connectivity index is 0.000000168. The average molecular weight is 408 g/mol. The Labute approximate surface area is 166 Å². The summed E-state index contributed by atoms with van der Waals surface area (Å²) in [5, 5.41) is 40.2. The molecule has 0 spiro atoms. The zero-order valence-corrected chi connectivity index (χ0v) is 15.9. The molecule has 2 aliphatic heterocycles. The molecule has 3 aliphatic rings. The van der Waals surface area contributed by atoms with Crippen molar-refractivity contribution < 1.29 is 19.9 Å². The number of piperidine rings is 2. The van der Waals surface area contributed by atoms with Crippen molar-refractivity contribution in [2.75, 3.05) is 13.1 Å². The van der Waals surface area contributed by atoms with Crippen molar-refractivity contribution in [2.24, 2.45) is 11.8 Å². The van der Waals surface area contributed by atoms with Crippen molar-refractivity contribution in [1.29, 1.82) is 0 Å². The van der Waals surface area contributed by atoms with E-state index in [1.165, 1.54) is 58.0 Å². The highest BCUT2D eigenvalue weighted by Crippen LogP contribution is 2.43. The first kappa shape index (κ1) is 20.9. The monoisotopic (exact) mass is 408 g/mol. The molecule has 3 fully saturated rings. The summed E-state index contributed by atoms with van der Waals surface area (Å²) in [6, 6.07) is 1.92. The Morgan fingerprint density at radius 2 is 1.24 bits per heavy atom. The second-order valence-electron chi connectivity index (χ2n) is 7.87. The van der Waals surface area contributed by atoms with Gasteiger partial charge in [-0.3, -0.25) is 35.2 Å². The topological polar surface area (TPSA) is 153 Å². The fourth-order valence-electron chi connectivity index (χ4n) is 5.09. The SMILES string of the molecule is C1CC2CCCN3CCCC(C1)C23.O=[N+]([O-])c1cc([N+](=O)[O-])c(O)c([N+](=O)[O-])c1. The molecule has 29 heavy (non-hydrogen) atoms. The number of nitrogens with zero attached hydrogens (tertiary/aromatic N) is 4. The first-order valence-corrected chi connectivity index (χ1v) is 9.83. The van der Waals surface area contributed by atoms with E-state index in [-0.39, 0.29) is 0 Å². The molecule has 0 amide bonds. The van der Waals surface area contributed by atoms with E-state index in [1.807, 2.05) is 0 Å². The summed E-state index contributed by atoms with van der Waals surface area (Å²) in [6.45, 7) is 2.83. The van der Waals surface area contributed by atoms with Crippen LogP contribution >= 0.6 is 0 Å². The third kappa shape index (κ3) is 4.44. The van der Waals surface area contributed by atoms with E-state index in [2.05, 4.69) is 4.90 Å². The predicted molar refractivity (Wildman–Crippen MR) is 103 cm³/mol. The van der Waals surface area contributed by atoms with Crippen molar-refractivity contribution in [3.8, 4) is 5.75 Å². The molecule has 0 bridgehead atoms. The minimum Gasteiger partial charge on any atom is -0.497 e. The van der Waals surface area contributed by atoms with E-state index in [9.17, 15) is 30.3 Å². The molecule has 158 valence electrons. The number of nitro groups is 3. The molecule has 11 heteroatoms. The first-order chi connectivity index (χ1) is 13.8. The molecule has 2 heterocycles. The summed E-state index contributed by atoms with van der Waals surface area (Å²) >= 11 is 0. The lowest BCUT2D eigenvalue weighted by Gasteiger charge is -2.51. The first-order valence-electron chi connectivity index (χ1n) is 9.83. The van der Waals surface area contributed by atoms with Gasteiger partial charge < -0.3 is 5.11 Å². The van der Waals surface area contributed by atoms with Crippen molar-refractivity contribution >= 4 is 17.1 Å². The fourth-order valence-corrected chi connectivity index (χ4v) is 5.09. The van der Waals surface area contributed by atoms with Crippen LogP contribution in [0.4, 0.5) is 17.1 Å². The number of rotatable bonds is 3. The molecular formula is C18H24N4O7. The minimum atomic E-state index is -1.21. The number of hydrogen-bond acceptors (Lipinski definition) is 8. The third-order valence-electron chi connectivity index (χ3n) is 6.24. The van der Waals surface area contributed by atoms with Gasteiger partial charge in [-0.1, -0.05) is 6.42 Å². The molecule has 2 unspecified atom stereocenters. The summed E-state index contributed by atoms with van der Waals surface area (Å²) in [6.07, 6.45) is 10.6. The lowest BCUT2D eigenvalue weighted by molar-refractivity contribution is -0.404. The number of benzene rings is 1. The molecule has 0 aromatic heterocycles. The molecule has 1 N–H and O–H groups in total. The standard InChI is InChI=1S/C12H21N.C6H3N3O7/c1-4-10-6-2-8-13-9-3-7-11(5-1)12(10)13;10-6-4(8(13)14)1-3(7(11)12)2-5(6)9(15)16/h10-12H,1-9H2;1-2,10H. The molecule has 1 saturated carbocycles. The van der Waals surface area contributed by atoms with Crippen LogP contribution in [0.15, 0.2) is 12.1 Å². The normalized spacial score (nSPS) is 25.9. The highest BCUT2D eigenvalue weighted by molar-refractivity contribution is 5.64. The quantitative estimate of drug-likeness (QED) is 0.585. The van der Waals surface area contributed by atoms with Gasteiger partial charge in [0, 0.05) is 6.04 Å². The number of aromatic hydroxyl groups is 1. The van der Waals surface area contributed by atoms with Gasteiger partial charge >= 0.3 is 11.4 Å². The highest BCUT2D eigenvalue weighted by atomic mass is 16.6. The average Bonchev–Trinajstić information content (AvgIpc) is 2.69. The summed E-state index contributed by atoms with van der Waals surface area (Å²) in [4.78, 5) is 30.6. The van der Waals surface area contributed by atoms with E-state index in [0.29, 0.717) is 12.1 Å². The Bertz CT molecular complexity index is 735. The highest BCUT2D eigenvalue weighted by Gasteiger charge is 2.40. The van der Waals surface area contributed by atoms with Crippen LogP contribution in [0, 0.1) is 42.2 Å². The Hall–Kier alpha value is -2.82. The van der Waals surface area contributed by atoms with Crippen LogP contribution in [0.5, 0.6) is 5.75 Å². The molecule has 2 atom stereocenters. The maximum atomic E-state index is 10.4. The number of phenols is 1. The van der Waals surface area contributed by atoms with E-state index < -0.39 is 37.6 Å². The second kappa shape index (κ2) is 8.68. The van der Waals surface area contributed by atoms with Gasteiger partial charge in [0.25, 0.3) is 11.4 Å². The van der Waals surface area contributed by atoms with E-state index in [0.717, 1.165) is 17.9 Å². The summed E-state index contributed by atoms with van der Waals surface area (Å²) in [7, 11) is 0. The molecule has 11 nitrogen and oxygen atoms in total. The van der Waals surface area contributed by atoms with Crippen molar-refractivity contribution in [2.45, 2.75) is 51.0 Å². The smallest absolute Gasteiger partial charge is 0.324 e. The molecule has 1 aromatic rings. The third-order valence-corrected chi connectivity index (χ3v) is 6.24. The Morgan fingerprint density at radius 3 is 1.66 bits per heavy atom. The van der Waals surface area contributed by atoms with Crippen LogP contribution in [-0.4, -0.2) is 43.9 Å². The van der Waals surface area contributed by atoms with Gasteiger partial charge in [-0.2, -0.15) is 0 Å². The number of phenolic OH excluding ortho intramolecular Hbond substituents is 1. The zero-order chi connectivity index (χ0) is 21.1. The van der Waals surface area contributed by atoms with Gasteiger partial charge in [-0.05, 0) is 63.5 Å². The summed E-state index contributed by atoms with van der Waals surface area (Å²) in [5.74, 6) is 0.973. The van der Waals surface area contributed by atoms with Crippen LogP contribution in [0.3, 0.4) is 0 Å². The lowest BCUT2D eigenvalue weighted by Crippen LogP contribution is -2.54. The van der Waals surface area contributed by atoms with E-state index in [1.54, 1.807) is 0 Å². The molecular weight excluding hydrogens is 384 g/mol. The van der Waals surface area contributed by atoms with Crippen LogP contribution in [0.1, 0.15) is 44.9 Å². The Kier molecular flexibility index (Phi) is 6.26. The van der Waals surface area contributed by atoms with Gasteiger partial charge in [0.15, 0.2) is 0 Å². The Morgan fingerprint density at radius 1 is 0.793 bits per heavy atom. The van der Waals surface area contributed by atoms with Crippen LogP contribution in [0.25, 0.3) is 0 Å². The van der Waals surface area contributed by atoms with Gasteiger partial charge in [-0.15, -0.1) is 0 Å². The van der Waals surface area contributed by atoms with E-state index >= 15 is 0 Å². The molecule has 4 rings (SSSR count). The van der Waals surface area contributed by atoms with Crippen LogP contribution in [-0.2, 0) is 0 Å². The van der Waals surface area contributed by atoms with E-state index in [4.69, 9.17) is 5.11 Å². The van der Waals surface area contributed by atoms with Crippen molar-refractivity contribution in [3.63, 3.8) is 0 Å². The van der Waals surface area contributed by atoms with Crippen LogP contribution < -0.4 is 0 Å². The molecule has 0 radical (unpaired) electrons. The second-order valence-corrected chi connectivity index (χ2v) is 7.87. The van der Waals surface area contributed by atoms with Gasteiger partial charge in [0.1, 0.15) is 0 Å². The maximum Gasteiger partial charge on any atom is 0.324 e. The molecule has 1 aromatic carbocycles. The minimum absolute atomic E-state index is 0.447. The largest absolute Gasteiger partial charge is 0.497 e. The van der Waals surface area contributed by atoms with Gasteiger partial charge in [0.05, 0.1) is 26.9 Å². The number of nitro benzene ring substituents is 3. The van der Waals surface area contributed by atoms with Gasteiger partial charge in [-0.25, -0.2) is 0 Å². The predicted octanol–water partition coefficient (Wildman–Crippen LogP) is 3.78. The summed E-state index contributed by atoms with van der Waals surface area (Å²) < 4.78 is 0. The van der Waals surface area contributed by atoms with Crippen molar-refractivity contribution in [1.82, 2.24) is 4.90 Å². The van der Waals surface area contributed by atoms with Gasteiger partial charge in [0.2, 0.25) is 0 Å². The fraction of sp³-hybridized carbons (Fsp3) is 0.667. The number of hydrogen-bond donors (Lipinski definition) is 1. The van der Waals surface area contributed by atoms with Crippen LogP contribution in [0.2, 0.25) is 0 Å². The lowest BCUT2D eigenvalue weighted by atomic mass is 9.69. The molecule has 2 saturated heterocycles.